The molecule has 1 saturated heterocycles. The van der Waals surface area contributed by atoms with Crippen LogP contribution in [0.5, 0.6) is 0 Å². The maximum atomic E-state index is 11.5. The maximum Gasteiger partial charge on any atom is 0.233 e. The molecule has 0 atom stereocenters. The van der Waals surface area contributed by atoms with Gasteiger partial charge in [-0.3, -0.25) is 9.69 Å². The fourth-order valence-electron chi connectivity index (χ4n) is 2.94. The third-order valence-electron chi connectivity index (χ3n) is 4.37. The van der Waals surface area contributed by atoms with Gasteiger partial charge < -0.3 is 10.2 Å². The number of piperazine rings is 1. The largest absolute Gasteiger partial charge is 0.358 e. The molecular weight excluding hydrogens is 338 g/mol. The molecule has 1 aliphatic heterocycles. The predicted molar refractivity (Wildman–Crippen MR) is 96.8 cm³/mol. The lowest BCUT2D eigenvalue weighted by atomic mass is 10.3. The van der Waals surface area contributed by atoms with Gasteiger partial charge in [-0.2, -0.15) is 15.9 Å². The van der Waals surface area contributed by atoms with Crippen molar-refractivity contribution >= 4 is 28.7 Å². The summed E-state index contributed by atoms with van der Waals surface area (Å²) in [6.45, 7) is 3.81. The Morgan fingerprint density at radius 3 is 2.76 bits per heavy atom. The molecule has 9 heteroatoms. The fourth-order valence-corrected chi connectivity index (χ4v) is 3.57. The first-order chi connectivity index (χ1) is 12.2. The van der Waals surface area contributed by atoms with Crippen LogP contribution in [-0.2, 0) is 4.79 Å². The number of fused-ring (bicyclic) bond motifs is 1. The van der Waals surface area contributed by atoms with E-state index in [9.17, 15) is 4.79 Å². The van der Waals surface area contributed by atoms with Crippen LogP contribution in [0.3, 0.4) is 0 Å². The molecule has 1 fully saturated rings. The van der Waals surface area contributed by atoms with Gasteiger partial charge in [-0.05, 0) is 23.6 Å². The number of hydrogen-bond acceptors (Lipinski definition) is 7. The number of carbonyl (C=O) groups is 1. The number of likely N-dealkylation sites (N-methyl/N-ethyl adjacent to an activating group) is 1. The van der Waals surface area contributed by atoms with Crippen LogP contribution in [0.2, 0.25) is 0 Å². The molecule has 4 heterocycles. The van der Waals surface area contributed by atoms with Gasteiger partial charge in [-0.15, -0.1) is 15.3 Å². The minimum Gasteiger partial charge on any atom is -0.358 e. The minimum atomic E-state index is 0.0536. The summed E-state index contributed by atoms with van der Waals surface area (Å²) in [4.78, 5) is 15.9. The zero-order chi connectivity index (χ0) is 17.2. The second-order valence-corrected chi connectivity index (χ2v) is 6.71. The first kappa shape index (κ1) is 16.0. The van der Waals surface area contributed by atoms with Gasteiger partial charge in [-0.1, -0.05) is 0 Å². The van der Waals surface area contributed by atoms with Crippen molar-refractivity contribution < 1.29 is 4.79 Å². The van der Waals surface area contributed by atoms with E-state index in [1.54, 1.807) is 22.9 Å². The standard InChI is InChI=1S/C16H19N7OS/c1-17-15(24)10-21-5-7-22(8-6-21)14-3-2-13-18-19-16(23(13)20-14)12-4-9-25-11-12/h2-4,9,11H,5-8,10H2,1H3,(H,17,24). The van der Waals surface area contributed by atoms with Gasteiger partial charge in [-0.25, -0.2) is 0 Å². The number of aromatic nitrogens is 4. The third kappa shape index (κ3) is 3.20. The quantitative estimate of drug-likeness (QED) is 0.741. The van der Waals surface area contributed by atoms with Crippen molar-refractivity contribution in [2.45, 2.75) is 0 Å². The first-order valence-corrected chi connectivity index (χ1v) is 9.12. The van der Waals surface area contributed by atoms with Gasteiger partial charge in [0.15, 0.2) is 11.5 Å². The molecule has 8 nitrogen and oxygen atoms in total. The highest BCUT2D eigenvalue weighted by Gasteiger charge is 2.20. The van der Waals surface area contributed by atoms with E-state index in [0.29, 0.717) is 6.54 Å². The number of amides is 1. The Hall–Kier alpha value is -2.52. The Morgan fingerprint density at radius 1 is 1.20 bits per heavy atom. The molecule has 1 amide bonds. The number of rotatable bonds is 4. The van der Waals surface area contributed by atoms with Gasteiger partial charge in [0, 0.05) is 44.2 Å². The van der Waals surface area contributed by atoms with Crippen LogP contribution in [0.1, 0.15) is 0 Å². The summed E-state index contributed by atoms with van der Waals surface area (Å²) in [5.74, 6) is 1.72. The summed E-state index contributed by atoms with van der Waals surface area (Å²) in [6.07, 6.45) is 0. The highest BCUT2D eigenvalue weighted by molar-refractivity contribution is 7.08. The summed E-state index contributed by atoms with van der Waals surface area (Å²) in [5.41, 5.74) is 1.76. The third-order valence-corrected chi connectivity index (χ3v) is 5.05. The molecule has 4 rings (SSSR count). The fraction of sp³-hybridized carbons (Fsp3) is 0.375. The van der Waals surface area contributed by atoms with Crippen LogP contribution in [-0.4, -0.2) is 70.4 Å². The number of anilines is 1. The molecule has 3 aromatic heterocycles. The van der Waals surface area contributed by atoms with E-state index in [1.807, 2.05) is 29.0 Å². The van der Waals surface area contributed by atoms with Crippen molar-refractivity contribution in [1.29, 1.82) is 0 Å². The summed E-state index contributed by atoms with van der Waals surface area (Å²) in [5, 5.41) is 19.9. The van der Waals surface area contributed by atoms with Gasteiger partial charge >= 0.3 is 0 Å². The van der Waals surface area contributed by atoms with Gasteiger partial charge in [0.2, 0.25) is 5.91 Å². The van der Waals surface area contributed by atoms with E-state index in [4.69, 9.17) is 5.10 Å². The SMILES string of the molecule is CNC(=O)CN1CCN(c2ccc3nnc(-c4ccsc4)n3n2)CC1. The molecule has 130 valence electrons. The number of hydrogen-bond donors (Lipinski definition) is 1. The van der Waals surface area contributed by atoms with Gasteiger partial charge in [0.25, 0.3) is 0 Å². The normalized spacial score (nSPS) is 15.6. The Labute approximate surface area is 149 Å². The van der Waals surface area contributed by atoms with E-state index in [1.165, 1.54) is 0 Å². The molecular formula is C16H19N7OS. The molecule has 0 radical (unpaired) electrons. The maximum absolute atomic E-state index is 11.5. The Bertz CT molecular complexity index is 868. The summed E-state index contributed by atoms with van der Waals surface area (Å²) >= 11 is 1.63. The van der Waals surface area contributed by atoms with Gasteiger partial charge in [0.1, 0.15) is 5.82 Å². The Morgan fingerprint density at radius 2 is 2.04 bits per heavy atom. The first-order valence-electron chi connectivity index (χ1n) is 8.17. The average molecular weight is 357 g/mol. The zero-order valence-corrected chi connectivity index (χ0v) is 14.7. The second kappa shape index (κ2) is 6.77. The molecule has 0 bridgehead atoms. The lowest BCUT2D eigenvalue weighted by Crippen LogP contribution is -2.49. The van der Waals surface area contributed by atoms with Crippen LogP contribution >= 0.6 is 11.3 Å². The van der Waals surface area contributed by atoms with Crippen molar-refractivity contribution in [2.75, 3.05) is 44.7 Å². The van der Waals surface area contributed by atoms with Crippen molar-refractivity contribution in [3.63, 3.8) is 0 Å². The molecule has 0 saturated carbocycles. The number of carbonyl (C=O) groups excluding carboxylic acids is 1. The Kier molecular flexibility index (Phi) is 4.33. The highest BCUT2D eigenvalue weighted by atomic mass is 32.1. The molecule has 0 spiro atoms. The highest BCUT2D eigenvalue weighted by Crippen LogP contribution is 2.22. The topological polar surface area (TPSA) is 78.7 Å². The van der Waals surface area contributed by atoms with Crippen LogP contribution in [0.4, 0.5) is 5.82 Å². The van der Waals surface area contributed by atoms with Crippen molar-refractivity contribution in [2.24, 2.45) is 0 Å². The van der Waals surface area contributed by atoms with Gasteiger partial charge in [0.05, 0.1) is 6.54 Å². The Balaban J connectivity index is 1.53. The summed E-state index contributed by atoms with van der Waals surface area (Å²) in [7, 11) is 1.67. The number of nitrogens with one attached hydrogen (secondary N) is 1. The number of thiophene rings is 1. The van der Waals surface area contributed by atoms with Crippen LogP contribution in [0, 0.1) is 0 Å². The van der Waals surface area contributed by atoms with E-state index in [0.717, 1.165) is 49.0 Å². The van der Waals surface area contributed by atoms with Crippen LogP contribution < -0.4 is 10.2 Å². The van der Waals surface area contributed by atoms with Crippen molar-refractivity contribution in [1.82, 2.24) is 30.0 Å². The van der Waals surface area contributed by atoms with E-state index >= 15 is 0 Å². The molecule has 3 aromatic rings. The van der Waals surface area contributed by atoms with Crippen molar-refractivity contribution in [3.8, 4) is 11.4 Å². The molecule has 0 unspecified atom stereocenters. The zero-order valence-electron chi connectivity index (χ0n) is 13.9. The van der Waals surface area contributed by atoms with E-state index < -0.39 is 0 Å². The minimum absolute atomic E-state index is 0.0536. The predicted octanol–water partition coefficient (Wildman–Crippen LogP) is 0.721. The monoisotopic (exact) mass is 357 g/mol. The molecule has 0 aromatic carbocycles. The average Bonchev–Trinajstić information content (AvgIpc) is 3.31. The van der Waals surface area contributed by atoms with Crippen LogP contribution in [0.25, 0.3) is 17.0 Å². The molecule has 1 aliphatic rings. The van der Waals surface area contributed by atoms with Crippen molar-refractivity contribution in [3.05, 3.63) is 29.0 Å². The summed E-state index contributed by atoms with van der Waals surface area (Å²) in [6, 6.07) is 5.95. The lowest BCUT2D eigenvalue weighted by Gasteiger charge is -2.34. The molecule has 1 N–H and O–H groups in total. The van der Waals surface area contributed by atoms with E-state index in [-0.39, 0.29) is 5.91 Å². The molecule has 25 heavy (non-hydrogen) atoms. The van der Waals surface area contributed by atoms with E-state index in [2.05, 4.69) is 25.3 Å². The number of nitrogens with zero attached hydrogens (tertiary/aromatic N) is 6. The summed E-state index contributed by atoms with van der Waals surface area (Å²) < 4.78 is 1.80. The van der Waals surface area contributed by atoms with Crippen LogP contribution in [0.15, 0.2) is 29.0 Å². The molecule has 0 aliphatic carbocycles. The second-order valence-electron chi connectivity index (χ2n) is 5.93. The lowest BCUT2D eigenvalue weighted by molar-refractivity contribution is -0.121. The smallest absolute Gasteiger partial charge is 0.233 e.